The van der Waals surface area contributed by atoms with Gasteiger partial charge in [-0.25, -0.2) is 4.79 Å². The highest BCUT2D eigenvalue weighted by Crippen LogP contribution is 1.79. The van der Waals surface area contributed by atoms with Gasteiger partial charge in [-0.3, -0.25) is 0 Å². The van der Waals surface area contributed by atoms with Crippen LogP contribution in [-0.4, -0.2) is 12.7 Å². The van der Waals surface area contributed by atoms with E-state index in [0.717, 1.165) is 0 Å². The second kappa shape index (κ2) is 5.88. The zero-order chi connectivity index (χ0) is 7.82. The Morgan fingerprint density at radius 3 is 2.80 bits per heavy atom. The SMILES string of the molecule is C=C[CH]NC(=O)OCC=C. The lowest BCUT2D eigenvalue weighted by molar-refractivity contribution is 0.161. The van der Waals surface area contributed by atoms with Crippen LogP contribution in [0.2, 0.25) is 0 Å². The van der Waals surface area contributed by atoms with E-state index in [2.05, 4.69) is 23.2 Å². The van der Waals surface area contributed by atoms with Crippen LogP contribution in [0.1, 0.15) is 0 Å². The zero-order valence-electron chi connectivity index (χ0n) is 5.67. The van der Waals surface area contributed by atoms with Gasteiger partial charge in [-0.1, -0.05) is 18.7 Å². The molecule has 0 saturated carbocycles. The number of carbonyl (C=O) groups is 1. The molecule has 3 heteroatoms. The van der Waals surface area contributed by atoms with Crippen molar-refractivity contribution in [2.45, 2.75) is 0 Å². The molecule has 55 valence electrons. The Morgan fingerprint density at radius 2 is 2.30 bits per heavy atom. The molecule has 0 bridgehead atoms. The Kier molecular flexibility index (Phi) is 5.14. The number of hydrogen-bond acceptors (Lipinski definition) is 2. The largest absolute Gasteiger partial charge is 0.445 e. The molecule has 0 rings (SSSR count). The molecule has 0 aliphatic rings. The van der Waals surface area contributed by atoms with Gasteiger partial charge >= 0.3 is 6.09 Å². The van der Waals surface area contributed by atoms with Crippen LogP contribution in [-0.2, 0) is 4.74 Å². The van der Waals surface area contributed by atoms with Crippen molar-refractivity contribution < 1.29 is 9.53 Å². The molecule has 0 aromatic rings. The minimum absolute atomic E-state index is 0.219. The van der Waals surface area contributed by atoms with E-state index < -0.39 is 6.09 Å². The average molecular weight is 140 g/mol. The number of ether oxygens (including phenoxy) is 1. The van der Waals surface area contributed by atoms with Crippen molar-refractivity contribution in [3.8, 4) is 0 Å². The van der Waals surface area contributed by atoms with Gasteiger partial charge in [-0.05, 0) is 0 Å². The van der Waals surface area contributed by atoms with Crippen molar-refractivity contribution >= 4 is 6.09 Å². The number of rotatable bonds is 4. The number of amides is 1. The number of nitrogens with one attached hydrogen (secondary N) is 1. The molecule has 0 heterocycles. The van der Waals surface area contributed by atoms with Crippen LogP contribution in [0.4, 0.5) is 4.79 Å². The molecule has 1 amide bonds. The lowest BCUT2D eigenvalue weighted by atomic mass is 10.6. The van der Waals surface area contributed by atoms with Gasteiger partial charge in [0.1, 0.15) is 6.61 Å². The van der Waals surface area contributed by atoms with E-state index in [4.69, 9.17) is 0 Å². The van der Waals surface area contributed by atoms with Gasteiger partial charge in [0, 0.05) is 0 Å². The van der Waals surface area contributed by atoms with E-state index >= 15 is 0 Å². The van der Waals surface area contributed by atoms with E-state index in [1.807, 2.05) is 0 Å². The molecule has 0 spiro atoms. The van der Waals surface area contributed by atoms with E-state index in [0.29, 0.717) is 0 Å². The maximum Gasteiger partial charge on any atom is 0.407 e. The predicted molar refractivity (Wildman–Crippen MR) is 39.2 cm³/mol. The molecule has 0 aromatic heterocycles. The molecule has 0 unspecified atom stereocenters. The van der Waals surface area contributed by atoms with Gasteiger partial charge in [0.2, 0.25) is 0 Å². The van der Waals surface area contributed by atoms with Gasteiger partial charge in [0.05, 0.1) is 6.54 Å². The summed E-state index contributed by atoms with van der Waals surface area (Å²) in [6.45, 7) is 8.36. The van der Waals surface area contributed by atoms with E-state index in [9.17, 15) is 4.79 Å². The second-order valence-corrected chi connectivity index (χ2v) is 1.43. The first-order chi connectivity index (χ1) is 4.81. The van der Waals surface area contributed by atoms with Gasteiger partial charge in [-0.2, -0.15) is 0 Å². The molecule has 1 N–H and O–H groups in total. The normalized spacial score (nSPS) is 8.00. The fraction of sp³-hybridized carbons (Fsp3) is 0.143. The molecule has 3 nitrogen and oxygen atoms in total. The summed E-state index contributed by atoms with van der Waals surface area (Å²) in [6.07, 6.45) is 2.45. The molecule has 0 saturated heterocycles. The average Bonchev–Trinajstić information content (AvgIpc) is 1.97. The predicted octanol–water partition coefficient (Wildman–Crippen LogP) is 1.25. The summed E-state index contributed by atoms with van der Waals surface area (Å²) in [5.41, 5.74) is 0. The highest BCUT2D eigenvalue weighted by Gasteiger charge is 1.95. The summed E-state index contributed by atoms with van der Waals surface area (Å²) in [6, 6.07) is 0. The quantitative estimate of drug-likeness (QED) is 0.597. The lowest BCUT2D eigenvalue weighted by Crippen LogP contribution is -2.20. The Labute approximate surface area is 60.4 Å². The van der Waals surface area contributed by atoms with Gasteiger partial charge in [0.15, 0.2) is 0 Å². The minimum atomic E-state index is -0.500. The Balaban J connectivity index is 3.24. The number of hydrogen-bond donors (Lipinski definition) is 1. The standard InChI is InChI=1S/C7H10NO2/c1-3-5-8-7(9)10-6-4-2/h3-5H,1-2,6H2,(H,8,9). The number of carbonyl (C=O) groups excluding carboxylic acids is 1. The Hall–Kier alpha value is -1.25. The summed E-state index contributed by atoms with van der Waals surface area (Å²) in [4.78, 5) is 10.5. The van der Waals surface area contributed by atoms with Gasteiger partial charge in [0.25, 0.3) is 0 Å². The van der Waals surface area contributed by atoms with Crippen molar-refractivity contribution in [2.24, 2.45) is 0 Å². The van der Waals surface area contributed by atoms with Crippen LogP contribution < -0.4 is 5.32 Å². The number of alkyl carbamates (subject to hydrolysis) is 1. The first-order valence-electron chi connectivity index (χ1n) is 2.79. The molecular formula is C7H10NO2. The van der Waals surface area contributed by atoms with Crippen LogP contribution in [0.5, 0.6) is 0 Å². The molecular weight excluding hydrogens is 130 g/mol. The maximum atomic E-state index is 10.5. The minimum Gasteiger partial charge on any atom is -0.445 e. The van der Waals surface area contributed by atoms with Crippen molar-refractivity contribution in [1.82, 2.24) is 5.32 Å². The highest BCUT2D eigenvalue weighted by atomic mass is 16.5. The van der Waals surface area contributed by atoms with Crippen LogP contribution >= 0.6 is 0 Å². The van der Waals surface area contributed by atoms with Gasteiger partial charge < -0.3 is 10.1 Å². The fourth-order valence-electron chi connectivity index (χ4n) is 0.303. The summed E-state index contributed by atoms with van der Waals surface area (Å²) >= 11 is 0. The van der Waals surface area contributed by atoms with Gasteiger partial charge in [-0.15, -0.1) is 6.58 Å². The molecule has 0 aliphatic heterocycles. The van der Waals surface area contributed by atoms with Crippen LogP contribution in [0.15, 0.2) is 25.3 Å². The van der Waals surface area contributed by atoms with Crippen LogP contribution in [0.25, 0.3) is 0 Å². The summed E-state index contributed by atoms with van der Waals surface area (Å²) in [5, 5.41) is 2.32. The first-order valence-corrected chi connectivity index (χ1v) is 2.79. The summed E-state index contributed by atoms with van der Waals surface area (Å²) in [7, 11) is 0. The molecule has 0 aliphatic carbocycles. The Morgan fingerprint density at radius 1 is 1.60 bits per heavy atom. The molecule has 0 aromatic carbocycles. The Bertz CT molecular complexity index is 118. The smallest absolute Gasteiger partial charge is 0.407 e. The first kappa shape index (κ1) is 8.75. The third kappa shape index (κ3) is 4.90. The second-order valence-electron chi connectivity index (χ2n) is 1.43. The van der Waals surface area contributed by atoms with Crippen LogP contribution in [0, 0.1) is 6.54 Å². The van der Waals surface area contributed by atoms with Crippen molar-refractivity contribution in [3.05, 3.63) is 31.9 Å². The lowest BCUT2D eigenvalue weighted by Gasteiger charge is -2.00. The van der Waals surface area contributed by atoms with E-state index in [1.165, 1.54) is 18.7 Å². The van der Waals surface area contributed by atoms with Crippen LogP contribution in [0.3, 0.4) is 0 Å². The summed E-state index contributed by atoms with van der Waals surface area (Å²) < 4.78 is 4.55. The monoisotopic (exact) mass is 140 g/mol. The highest BCUT2D eigenvalue weighted by molar-refractivity contribution is 5.68. The zero-order valence-corrected chi connectivity index (χ0v) is 5.67. The van der Waals surface area contributed by atoms with Crippen molar-refractivity contribution in [1.29, 1.82) is 0 Å². The van der Waals surface area contributed by atoms with Crippen molar-refractivity contribution in [2.75, 3.05) is 6.61 Å². The van der Waals surface area contributed by atoms with E-state index in [1.54, 1.807) is 0 Å². The topological polar surface area (TPSA) is 38.3 Å². The third-order valence-corrected chi connectivity index (χ3v) is 0.651. The maximum absolute atomic E-state index is 10.5. The van der Waals surface area contributed by atoms with Crippen molar-refractivity contribution in [3.63, 3.8) is 0 Å². The third-order valence-electron chi connectivity index (χ3n) is 0.651. The molecule has 1 radical (unpaired) electrons. The molecule has 10 heavy (non-hydrogen) atoms. The van der Waals surface area contributed by atoms with E-state index in [-0.39, 0.29) is 6.61 Å². The summed E-state index contributed by atoms with van der Waals surface area (Å²) in [5.74, 6) is 0. The molecule has 0 fully saturated rings. The fourth-order valence-corrected chi connectivity index (χ4v) is 0.303. The molecule has 0 atom stereocenters.